The standard InChI is InChI=1S/C14H21NO3S/c1-11-5-2-3-6-13(11)10-19(17,18)15-9-12-7-4-8-14(12)16/h2-3,5-6,12,14-16H,4,7-10H2,1H3/t12-,14+/m0/s1. The highest BCUT2D eigenvalue weighted by atomic mass is 32.2. The molecule has 0 unspecified atom stereocenters. The summed E-state index contributed by atoms with van der Waals surface area (Å²) in [6, 6.07) is 7.48. The molecule has 1 fully saturated rings. The summed E-state index contributed by atoms with van der Waals surface area (Å²) >= 11 is 0. The second kappa shape index (κ2) is 6.03. The highest BCUT2D eigenvalue weighted by molar-refractivity contribution is 7.88. The highest BCUT2D eigenvalue weighted by Gasteiger charge is 2.26. The van der Waals surface area contributed by atoms with Gasteiger partial charge in [-0.3, -0.25) is 0 Å². The number of aliphatic hydroxyl groups excluding tert-OH is 1. The van der Waals surface area contributed by atoms with Crippen molar-refractivity contribution in [3.8, 4) is 0 Å². The fourth-order valence-electron chi connectivity index (χ4n) is 2.52. The molecule has 0 spiro atoms. The minimum absolute atomic E-state index is 0.00247. The third-order valence-corrected chi connectivity index (χ3v) is 5.09. The highest BCUT2D eigenvalue weighted by Crippen LogP contribution is 2.25. The molecule has 1 aromatic carbocycles. The summed E-state index contributed by atoms with van der Waals surface area (Å²) in [5.41, 5.74) is 1.80. The Kier molecular flexibility index (Phi) is 4.60. The summed E-state index contributed by atoms with van der Waals surface area (Å²) in [5, 5.41) is 9.68. The van der Waals surface area contributed by atoms with Crippen LogP contribution in [-0.4, -0.2) is 26.2 Å². The van der Waals surface area contributed by atoms with Crippen molar-refractivity contribution in [3.63, 3.8) is 0 Å². The second-order valence-electron chi connectivity index (χ2n) is 5.29. The van der Waals surface area contributed by atoms with E-state index in [2.05, 4.69) is 4.72 Å². The summed E-state index contributed by atoms with van der Waals surface area (Å²) < 4.78 is 26.7. The van der Waals surface area contributed by atoms with Crippen LogP contribution in [0.25, 0.3) is 0 Å². The van der Waals surface area contributed by atoms with Crippen LogP contribution in [0.15, 0.2) is 24.3 Å². The monoisotopic (exact) mass is 283 g/mol. The average Bonchev–Trinajstić information content (AvgIpc) is 2.75. The topological polar surface area (TPSA) is 66.4 Å². The van der Waals surface area contributed by atoms with E-state index in [1.165, 1.54) is 0 Å². The van der Waals surface area contributed by atoms with Gasteiger partial charge >= 0.3 is 0 Å². The Morgan fingerprint density at radius 3 is 2.68 bits per heavy atom. The zero-order chi connectivity index (χ0) is 13.9. The summed E-state index contributed by atoms with van der Waals surface area (Å²) in [5.74, 6) is 0.0642. The van der Waals surface area contributed by atoms with Crippen molar-refractivity contribution in [1.29, 1.82) is 0 Å². The zero-order valence-electron chi connectivity index (χ0n) is 11.2. The largest absolute Gasteiger partial charge is 0.393 e. The van der Waals surface area contributed by atoms with Crippen molar-refractivity contribution in [3.05, 3.63) is 35.4 Å². The van der Waals surface area contributed by atoms with E-state index in [0.717, 1.165) is 30.4 Å². The number of hydrogen-bond acceptors (Lipinski definition) is 3. The van der Waals surface area contributed by atoms with Gasteiger partial charge in [0.05, 0.1) is 11.9 Å². The lowest BCUT2D eigenvalue weighted by Gasteiger charge is -2.15. The Morgan fingerprint density at radius 1 is 1.32 bits per heavy atom. The average molecular weight is 283 g/mol. The van der Waals surface area contributed by atoms with E-state index in [4.69, 9.17) is 0 Å². The quantitative estimate of drug-likeness (QED) is 0.862. The molecule has 0 aromatic heterocycles. The van der Waals surface area contributed by atoms with Crippen LogP contribution in [0.1, 0.15) is 30.4 Å². The van der Waals surface area contributed by atoms with Gasteiger partial charge < -0.3 is 5.11 Å². The molecule has 1 aliphatic rings. The SMILES string of the molecule is Cc1ccccc1CS(=O)(=O)NC[C@@H]1CCC[C@H]1O. The van der Waals surface area contributed by atoms with E-state index in [1.807, 2.05) is 31.2 Å². The van der Waals surface area contributed by atoms with Crippen molar-refractivity contribution >= 4 is 10.0 Å². The molecule has 0 amide bonds. The molecule has 1 aliphatic carbocycles. The maximum Gasteiger partial charge on any atom is 0.215 e. The zero-order valence-corrected chi connectivity index (χ0v) is 12.0. The molecule has 5 heteroatoms. The van der Waals surface area contributed by atoms with E-state index in [-0.39, 0.29) is 17.8 Å². The first-order chi connectivity index (χ1) is 8.98. The van der Waals surface area contributed by atoms with Crippen LogP contribution < -0.4 is 4.72 Å². The number of sulfonamides is 1. The number of benzene rings is 1. The maximum absolute atomic E-state index is 12.0. The van der Waals surface area contributed by atoms with Gasteiger partial charge in [-0.2, -0.15) is 0 Å². The molecule has 0 saturated heterocycles. The molecule has 0 heterocycles. The number of nitrogens with one attached hydrogen (secondary N) is 1. The second-order valence-corrected chi connectivity index (χ2v) is 7.10. The van der Waals surface area contributed by atoms with Gasteiger partial charge in [-0.15, -0.1) is 0 Å². The molecule has 0 radical (unpaired) electrons. The number of hydrogen-bond donors (Lipinski definition) is 2. The van der Waals surface area contributed by atoms with Crippen LogP contribution in [0, 0.1) is 12.8 Å². The van der Waals surface area contributed by atoms with Crippen molar-refractivity contribution < 1.29 is 13.5 Å². The van der Waals surface area contributed by atoms with E-state index in [9.17, 15) is 13.5 Å². The summed E-state index contributed by atoms with van der Waals surface area (Å²) in [4.78, 5) is 0. The smallest absolute Gasteiger partial charge is 0.215 e. The van der Waals surface area contributed by atoms with Crippen LogP contribution in [-0.2, 0) is 15.8 Å². The lowest BCUT2D eigenvalue weighted by Crippen LogP contribution is -2.33. The first-order valence-corrected chi connectivity index (χ1v) is 8.33. The third-order valence-electron chi connectivity index (χ3n) is 3.79. The first-order valence-electron chi connectivity index (χ1n) is 6.68. The van der Waals surface area contributed by atoms with Gasteiger partial charge in [0.25, 0.3) is 0 Å². The van der Waals surface area contributed by atoms with Gasteiger partial charge in [-0.25, -0.2) is 13.1 Å². The van der Waals surface area contributed by atoms with Crippen LogP contribution in [0.4, 0.5) is 0 Å². The van der Waals surface area contributed by atoms with Gasteiger partial charge in [0.15, 0.2) is 0 Å². The molecular formula is C14H21NO3S. The fraction of sp³-hybridized carbons (Fsp3) is 0.571. The minimum atomic E-state index is -3.33. The fourth-order valence-corrected chi connectivity index (χ4v) is 3.82. The molecule has 2 N–H and O–H groups in total. The molecule has 0 aliphatic heterocycles. The van der Waals surface area contributed by atoms with Gasteiger partial charge in [0, 0.05) is 6.54 Å². The molecule has 2 atom stereocenters. The van der Waals surface area contributed by atoms with Crippen LogP contribution in [0.2, 0.25) is 0 Å². The Labute approximate surface area is 114 Å². The van der Waals surface area contributed by atoms with E-state index >= 15 is 0 Å². The molecule has 0 bridgehead atoms. The lowest BCUT2D eigenvalue weighted by atomic mass is 10.1. The Morgan fingerprint density at radius 2 is 2.05 bits per heavy atom. The molecule has 106 valence electrons. The minimum Gasteiger partial charge on any atom is -0.393 e. The van der Waals surface area contributed by atoms with Gasteiger partial charge in [-0.1, -0.05) is 30.7 Å². The van der Waals surface area contributed by atoms with Gasteiger partial charge in [0.2, 0.25) is 10.0 Å². The normalized spacial score (nSPS) is 23.7. The Balaban J connectivity index is 1.94. The number of rotatable bonds is 5. The van der Waals surface area contributed by atoms with Crippen molar-refractivity contribution in [1.82, 2.24) is 4.72 Å². The van der Waals surface area contributed by atoms with E-state index in [1.54, 1.807) is 0 Å². The predicted octanol–water partition coefficient (Wildman–Crippen LogP) is 1.58. The van der Waals surface area contributed by atoms with Crippen LogP contribution in [0.5, 0.6) is 0 Å². The first kappa shape index (κ1) is 14.5. The molecule has 1 aromatic rings. The Bertz CT molecular complexity index is 527. The number of aliphatic hydroxyl groups is 1. The van der Waals surface area contributed by atoms with Gasteiger partial charge in [-0.05, 0) is 36.8 Å². The van der Waals surface area contributed by atoms with Crippen LogP contribution >= 0.6 is 0 Å². The Hall–Kier alpha value is -0.910. The van der Waals surface area contributed by atoms with Gasteiger partial charge in [0.1, 0.15) is 0 Å². The van der Waals surface area contributed by atoms with Crippen molar-refractivity contribution in [2.45, 2.75) is 38.0 Å². The molecule has 2 rings (SSSR count). The van der Waals surface area contributed by atoms with E-state index < -0.39 is 10.0 Å². The summed E-state index contributed by atoms with van der Waals surface area (Å²) in [7, 11) is -3.33. The lowest BCUT2D eigenvalue weighted by molar-refractivity contribution is 0.134. The van der Waals surface area contributed by atoms with Crippen molar-refractivity contribution in [2.24, 2.45) is 5.92 Å². The number of aryl methyl sites for hydroxylation is 1. The molecule has 1 saturated carbocycles. The molecule has 19 heavy (non-hydrogen) atoms. The maximum atomic E-state index is 12.0. The summed E-state index contributed by atoms with van der Waals surface area (Å²) in [6.45, 7) is 2.25. The summed E-state index contributed by atoms with van der Waals surface area (Å²) in [6.07, 6.45) is 2.30. The molecule has 4 nitrogen and oxygen atoms in total. The van der Waals surface area contributed by atoms with E-state index in [0.29, 0.717) is 6.54 Å². The molecular weight excluding hydrogens is 262 g/mol. The third kappa shape index (κ3) is 4.03. The predicted molar refractivity (Wildman–Crippen MR) is 75.2 cm³/mol. The van der Waals surface area contributed by atoms with Crippen molar-refractivity contribution in [2.75, 3.05) is 6.54 Å². The van der Waals surface area contributed by atoms with Crippen LogP contribution in [0.3, 0.4) is 0 Å².